The van der Waals surface area contributed by atoms with Gasteiger partial charge in [0.1, 0.15) is 36.5 Å². The summed E-state index contributed by atoms with van der Waals surface area (Å²) in [5.74, 6) is -8.70. The van der Waals surface area contributed by atoms with E-state index in [4.69, 9.17) is 10.8 Å². The zero-order valence-electron chi connectivity index (χ0n) is 32.7. The molecule has 9 amide bonds. The van der Waals surface area contributed by atoms with Crippen LogP contribution in [0.3, 0.4) is 0 Å². The van der Waals surface area contributed by atoms with Gasteiger partial charge in [0.05, 0.1) is 38.8 Å². The third-order valence-corrected chi connectivity index (χ3v) is 8.09. The summed E-state index contributed by atoms with van der Waals surface area (Å²) < 4.78 is 0. The molecule has 14 N–H and O–H groups in total. The van der Waals surface area contributed by atoms with Crippen LogP contribution < -0.4 is 53.6 Å². The number of carboxylic acid groups (broad SMARTS) is 1. The van der Waals surface area contributed by atoms with Gasteiger partial charge in [0.2, 0.25) is 53.2 Å². The molecule has 0 radical (unpaired) electrons. The van der Waals surface area contributed by atoms with Gasteiger partial charge in [-0.15, -0.1) is 0 Å². The Labute approximate surface area is 343 Å². The van der Waals surface area contributed by atoms with Crippen LogP contribution in [0.2, 0.25) is 0 Å². The van der Waals surface area contributed by atoms with Crippen molar-refractivity contribution in [3.63, 3.8) is 0 Å². The number of aliphatic hydroxyl groups excluding tert-OH is 1. The monoisotopic (exact) mass is 842 g/mol. The molecular formula is C37H50N10O13. The number of phenols is 1. The topological polar surface area (TPSA) is 366 Å². The molecule has 0 heterocycles. The number of hydrogen-bond acceptors (Lipinski definition) is 13. The molecule has 0 aliphatic rings. The average molecular weight is 843 g/mol. The first kappa shape index (κ1) is 49.0. The number of carboxylic acids is 1. The molecule has 5 atom stereocenters. The van der Waals surface area contributed by atoms with E-state index >= 15 is 0 Å². The molecule has 2 rings (SSSR count). The fourth-order valence-corrected chi connectivity index (χ4v) is 4.91. The van der Waals surface area contributed by atoms with Crippen molar-refractivity contribution in [1.82, 2.24) is 47.9 Å². The van der Waals surface area contributed by atoms with Crippen molar-refractivity contribution in [2.75, 3.05) is 39.3 Å². The number of carbonyl (C=O) groups excluding carboxylic acids is 9. The zero-order chi connectivity index (χ0) is 44.8. The molecule has 60 heavy (non-hydrogen) atoms. The van der Waals surface area contributed by atoms with Gasteiger partial charge in [0, 0.05) is 12.8 Å². The van der Waals surface area contributed by atoms with Gasteiger partial charge in [0.15, 0.2) is 0 Å². The first-order valence-corrected chi connectivity index (χ1v) is 18.3. The molecule has 0 saturated carbocycles. The van der Waals surface area contributed by atoms with E-state index < -0.39 is 129 Å². The van der Waals surface area contributed by atoms with Gasteiger partial charge in [-0.1, -0.05) is 42.5 Å². The van der Waals surface area contributed by atoms with Gasteiger partial charge in [-0.25, -0.2) is 0 Å². The number of aromatic hydroxyl groups is 1. The lowest BCUT2D eigenvalue weighted by Gasteiger charge is -2.20. The van der Waals surface area contributed by atoms with Crippen LogP contribution in [-0.4, -0.2) is 144 Å². The van der Waals surface area contributed by atoms with Crippen LogP contribution in [0.5, 0.6) is 5.75 Å². The third kappa shape index (κ3) is 18.9. The fourth-order valence-electron chi connectivity index (χ4n) is 4.91. The van der Waals surface area contributed by atoms with Crippen molar-refractivity contribution >= 4 is 59.1 Å². The largest absolute Gasteiger partial charge is 0.508 e. The van der Waals surface area contributed by atoms with Crippen LogP contribution in [-0.2, 0) is 60.8 Å². The Morgan fingerprint density at radius 2 is 0.950 bits per heavy atom. The van der Waals surface area contributed by atoms with Crippen molar-refractivity contribution in [2.24, 2.45) is 5.73 Å². The van der Waals surface area contributed by atoms with Crippen LogP contribution in [0.4, 0.5) is 0 Å². The highest BCUT2D eigenvalue weighted by atomic mass is 16.4. The number of nitrogens with one attached hydrogen (secondary N) is 9. The summed E-state index contributed by atoms with van der Waals surface area (Å²) >= 11 is 0. The predicted octanol–water partition coefficient (Wildman–Crippen LogP) is -5.86. The van der Waals surface area contributed by atoms with Gasteiger partial charge in [-0.2, -0.15) is 0 Å². The van der Waals surface area contributed by atoms with Gasteiger partial charge in [0.25, 0.3) is 0 Å². The molecule has 0 spiro atoms. The van der Waals surface area contributed by atoms with Crippen LogP contribution in [0.1, 0.15) is 25.0 Å². The fraction of sp³-hybridized carbons (Fsp3) is 0.405. The number of aliphatic hydroxyl groups is 1. The lowest BCUT2D eigenvalue weighted by molar-refractivity contribution is -0.138. The molecule has 0 aromatic heterocycles. The van der Waals surface area contributed by atoms with Crippen molar-refractivity contribution < 1.29 is 63.3 Å². The van der Waals surface area contributed by atoms with E-state index in [1.807, 2.05) is 0 Å². The molecule has 0 unspecified atom stereocenters. The number of carbonyl (C=O) groups is 10. The van der Waals surface area contributed by atoms with E-state index in [1.54, 1.807) is 30.3 Å². The van der Waals surface area contributed by atoms with Crippen LogP contribution in [0.15, 0.2) is 54.6 Å². The number of phenolic OH excluding ortho intramolecular Hbond substituents is 1. The lowest BCUT2D eigenvalue weighted by atomic mass is 10.0. The summed E-state index contributed by atoms with van der Waals surface area (Å²) in [7, 11) is 0. The van der Waals surface area contributed by atoms with Crippen molar-refractivity contribution in [3.05, 3.63) is 65.7 Å². The normalized spacial score (nSPS) is 13.0. The minimum atomic E-state index is -1.39. The SMILES string of the molecule is C[C@H](N)C(=O)N[C@@H](CO)C(=O)NCC(=O)NCC(=O)N[C@@H](Cc1ccc(O)cc1)C(=O)NCC(=O)N[C@@H](C)C(=O)NCC(=O)N[C@@H](Cc1ccccc1)C(=O)NCC(=O)O. The van der Waals surface area contributed by atoms with E-state index in [0.717, 1.165) is 0 Å². The smallest absolute Gasteiger partial charge is 0.322 e. The van der Waals surface area contributed by atoms with Crippen molar-refractivity contribution in [1.29, 1.82) is 0 Å². The van der Waals surface area contributed by atoms with E-state index in [9.17, 15) is 58.2 Å². The number of aliphatic carboxylic acids is 1. The molecule has 0 bridgehead atoms. The first-order chi connectivity index (χ1) is 28.4. The quantitative estimate of drug-likeness (QED) is 0.0468. The Morgan fingerprint density at radius 1 is 0.517 bits per heavy atom. The Balaban J connectivity index is 1.91. The highest BCUT2D eigenvalue weighted by Crippen LogP contribution is 2.11. The highest BCUT2D eigenvalue weighted by molar-refractivity contribution is 5.96. The Bertz CT molecular complexity index is 1840. The second-order valence-electron chi connectivity index (χ2n) is 13.2. The first-order valence-electron chi connectivity index (χ1n) is 18.3. The maximum absolute atomic E-state index is 13.2. The lowest BCUT2D eigenvalue weighted by Crippen LogP contribution is -2.55. The Hall–Kier alpha value is -7.14. The molecule has 2 aromatic rings. The summed E-state index contributed by atoms with van der Waals surface area (Å²) in [6.07, 6.45) is -0.110. The molecule has 23 heteroatoms. The summed E-state index contributed by atoms with van der Waals surface area (Å²) in [5, 5.41) is 48.6. The maximum Gasteiger partial charge on any atom is 0.322 e. The van der Waals surface area contributed by atoms with E-state index in [-0.39, 0.29) is 18.6 Å². The summed E-state index contributed by atoms with van der Waals surface area (Å²) in [5.41, 5.74) is 6.58. The van der Waals surface area contributed by atoms with Crippen LogP contribution >= 0.6 is 0 Å². The molecule has 0 aliphatic carbocycles. The highest BCUT2D eigenvalue weighted by Gasteiger charge is 2.26. The molecular weight excluding hydrogens is 792 g/mol. The standard InChI is InChI=1S/C37H50N10O13/c1-20(38)33(56)47-27(19-48)37(60)41-14-28(50)39-15-30(52)45-26(13-23-8-10-24(49)11-9-23)35(58)42-16-29(51)44-21(2)34(57)40-17-31(53)46-25(36(59)43-18-32(54)55)12-22-6-4-3-5-7-22/h3-11,20-21,25-27,48-49H,12-19,38H2,1-2H3,(H,39,50)(H,40,57)(H,41,60)(H,42,58)(H,43,59)(H,44,51)(H,45,52)(H,46,53)(H,47,56)(H,54,55)/t20-,21-,25-,26-,27-/m0/s1. The molecule has 0 aliphatic heterocycles. The van der Waals surface area contributed by atoms with Gasteiger partial charge < -0.3 is 68.9 Å². The van der Waals surface area contributed by atoms with Gasteiger partial charge >= 0.3 is 5.97 Å². The summed E-state index contributed by atoms with van der Waals surface area (Å²) in [6.45, 7) is -1.38. The number of nitrogens with two attached hydrogens (primary N) is 1. The second kappa shape index (κ2) is 25.3. The second-order valence-corrected chi connectivity index (χ2v) is 13.2. The van der Waals surface area contributed by atoms with E-state index in [2.05, 4.69) is 47.9 Å². The predicted molar refractivity (Wildman–Crippen MR) is 209 cm³/mol. The van der Waals surface area contributed by atoms with Crippen molar-refractivity contribution in [3.8, 4) is 5.75 Å². The van der Waals surface area contributed by atoms with Crippen LogP contribution in [0.25, 0.3) is 0 Å². The molecule has 23 nitrogen and oxygen atoms in total. The van der Waals surface area contributed by atoms with Crippen molar-refractivity contribution in [2.45, 2.75) is 56.9 Å². The number of benzene rings is 2. The number of amides is 9. The minimum Gasteiger partial charge on any atom is -0.508 e. The zero-order valence-corrected chi connectivity index (χ0v) is 32.7. The number of hydrogen-bond donors (Lipinski definition) is 13. The average Bonchev–Trinajstić information content (AvgIpc) is 3.21. The molecule has 2 aromatic carbocycles. The molecule has 326 valence electrons. The number of rotatable bonds is 24. The third-order valence-electron chi connectivity index (χ3n) is 8.09. The minimum absolute atomic E-state index is 0.0219. The van der Waals surface area contributed by atoms with E-state index in [1.165, 1.54) is 38.1 Å². The van der Waals surface area contributed by atoms with Crippen LogP contribution in [0, 0.1) is 0 Å². The summed E-state index contributed by atoms with van der Waals surface area (Å²) in [4.78, 5) is 124. The van der Waals surface area contributed by atoms with E-state index in [0.29, 0.717) is 11.1 Å². The van der Waals surface area contributed by atoms with Gasteiger partial charge in [-0.3, -0.25) is 47.9 Å². The Kier molecular flexibility index (Phi) is 20.6. The molecule has 0 fully saturated rings. The maximum atomic E-state index is 13.2. The Morgan fingerprint density at radius 3 is 1.45 bits per heavy atom. The summed E-state index contributed by atoms with van der Waals surface area (Å²) in [6, 6.07) is 8.16. The molecule has 0 saturated heterocycles. The van der Waals surface area contributed by atoms with Gasteiger partial charge in [-0.05, 0) is 37.1 Å².